The van der Waals surface area contributed by atoms with Gasteiger partial charge in [0.25, 0.3) is 0 Å². The van der Waals surface area contributed by atoms with E-state index >= 15 is 0 Å². The molecule has 0 amide bonds. The molecule has 0 fully saturated rings. The molecule has 1 N–H and O–H groups in total. The SMILES string of the molecule is Cc1cccc(CS(=O)(=O)NC(Cn2nccn2)c2ccccc2)c1. The molecular formula is C18H20N4O2S. The van der Waals surface area contributed by atoms with Gasteiger partial charge in [0.15, 0.2) is 0 Å². The van der Waals surface area contributed by atoms with Gasteiger partial charge in [0.2, 0.25) is 10.0 Å². The molecule has 1 heterocycles. The fraction of sp³-hybridized carbons (Fsp3) is 0.222. The van der Waals surface area contributed by atoms with E-state index in [0.29, 0.717) is 6.54 Å². The van der Waals surface area contributed by atoms with E-state index < -0.39 is 16.1 Å². The van der Waals surface area contributed by atoms with Gasteiger partial charge in [-0.1, -0.05) is 60.2 Å². The van der Waals surface area contributed by atoms with E-state index in [4.69, 9.17) is 0 Å². The summed E-state index contributed by atoms with van der Waals surface area (Å²) in [7, 11) is -3.52. The van der Waals surface area contributed by atoms with E-state index in [1.165, 1.54) is 4.80 Å². The van der Waals surface area contributed by atoms with Crippen LogP contribution in [0.15, 0.2) is 67.0 Å². The summed E-state index contributed by atoms with van der Waals surface area (Å²) >= 11 is 0. The van der Waals surface area contributed by atoms with Crippen LogP contribution in [-0.2, 0) is 22.3 Å². The van der Waals surface area contributed by atoms with Crippen LogP contribution in [0.2, 0.25) is 0 Å². The van der Waals surface area contributed by atoms with Crippen LogP contribution >= 0.6 is 0 Å². The fourth-order valence-corrected chi connectivity index (χ4v) is 4.02. The Morgan fingerprint density at radius 3 is 2.44 bits per heavy atom. The highest BCUT2D eigenvalue weighted by Gasteiger charge is 2.21. The standard InChI is InChI=1S/C18H20N4O2S/c1-15-6-5-7-16(12-15)14-25(23,24)21-18(13-22-19-10-11-20-22)17-8-3-2-4-9-17/h2-12,18,21H,13-14H2,1H3. The maximum absolute atomic E-state index is 12.7. The van der Waals surface area contributed by atoms with Crippen molar-refractivity contribution in [3.05, 3.63) is 83.7 Å². The Hall–Kier alpha value is -2.51. The fourth-order valence-electron chi connectivity index (χ4n) is 2.68. The van der Waals surface area contributed by atoms with Crippen molar-refractivity contribution < 1.29 is 8.42 Å². The second-order valence-electron chi connectivity index (χ2n) is 5.91. The minimum absolute atomic E-state index is 0.0649. The van der Waals surface area contributed by atoms with E-state index in [1.807, 2.05) is 61.5 Å². The highest BCUT2D eigenvalue weighted by atomic mass is 32.2. The normalized spacial score (nSPS) is 12.8. The Labute approximate surface area is 147 Å². The van der Waals surface area contributed by atoms with Gasteiger partial charge in [0.05, 0.1) is 30.7 Å². The number of hydrogen-bond donors (Lipinski definition) is 1. The molecule has 0 spiro atoms. The van der Waals surface area contributed by atoms with Gasteiger partial charge in [-0.05, 0) is 18.1 Å². The van der Waals surface area contributed by atoms with Crippen LogP contribution in [0.1, 0.15) is 22.7 Å². The van der Waals surface area contributed by atoms with Crippen LogP contribution in [0.3, 0.4) is 0 Å². The zero-order valence-electron chi connectivity index (χ0n) is 13.9. The molecule has 0 bridgehead atoms. The van der Waals surface area contributed by atoms with E-state index in [1.54, 1.807) is 12.4 Å². The third-order valence-corrected chi connectivity index (χ3v) is 5.13. The van der Waals surface area contributed by atoms with Crippen molar-refractivity contribution in [2.45, 2.75) is 25.3 Å². The lowest BCUT2D eigenvalue weighted by Gasteiger charge is -2.19. The summed E-state index contributed by atoms with van der Waals surface area (Å²) in [6, 6.07) is 16.5. The third-order valence-electron chi connectivity index (χ3n) is 3.78. The molecule has 25 heavy (non-hydrogen) atoms. The second-order valence-corrected chi connectivity index (χ2v) is 7.67. The van der Waals surface area contributed by atoms with Crippen molar-refractivity contribution in [1.82, 2.24) is 19.7 Å². The Morgan fingerprint density at radius 1 is 1.04 bits per heavy atom. The molecular weight excluding hydrogens is 336 g/mol. The lowest BCUT2D eigenvalue weighted by molar-refractivity contribution is 0.444. The maximum Gasteiger partial charge on any atom is 0.216 e. The summed E-state index contributed by atoms with van der Waals surface area (Å²) in [5.74, 6) is -0.0649. The largest absolute Gasteiger partial charge is 0.216 e. The molecule has 130 valence electrons. The molecule has 3 rings (SSSR count). The summed E-state index contributed by atoms with van der Waals surface area (Å²) < 4.78 is 28.1. The van der Waals surface area contributed by atoms with Crippen molar-refractivity contribution in [3.63, 3.8) is 0 Å². The van der Waals surface area contributed by atoms with Crippen LogP contribution in [0, 0.1) is 6.92 Å². The summed E-state index contributed by atoms with van der Waals surface area (Å²) in [5, 5.41) is 8.16. The zero-order valence-corrected chi connectivity index (χ0v) is 14.7. The van der Waals surface area contributed by atoms with Gasteiger partial charge < -0.3 is 0 Å². The topological polar surface area (TPSA) is 76.9 Å². The molecule has 0 saturated heterocycles. The van der Waals surface area contributed by atoms with Crippen molar-refractivity contribution in [1.29, 1.82) is 0 Å². The van der Waals surface area contributed by atoms with Crippen LogP contribution < -0.4 is 4.72 Å². The van der Waals surface area contributed by atoms with Crippen LogP contribution in [-0.4, -0.2) is 23.4 Å². The van der Waals surface area contributed by atoms with Crippen molar-refractivity contribution >= 4 is 10.0 Å². The molecule has 0 saturated carbocycles. The second kappa shape index (κ2) is 7.58. The highest BCUT2D eigenvalue weighted by Crippen LogP contribution is 2.17. The molecule has 6 nitrogen and oxygen atoms in total. The molecule has 1 aromatic heterocycles. The monoisotopic (exact) mass is 356 g/mol. The first-order valence-electron chi connectivity index (χ1n) is 7.96. The zero-order chi connectivity index (χ0) is 17.7. The van der Waals surface area contributed by atoms with E-state index in [2.05, 4.69) is 14.9 Å². The lowest BCUT2D eigenvalue weighted by atomic mass is 10.1. The quantitative estimate of drug-likeness (QED) is 0.705. The Kier molecular flexibility index (Phi) is 5.25. The first kappa shape index (κ1) is 17.3. The summed E-state index contributed by atoms with van der Waals surface area (Å²) in [6.45, 7) is 2.27. The van der Waals surface area contributed by atoms with Gasteiger partial charge in [0.1, 0.15) is 0 Å². The first-order chi connectivity index (χ1) is 12.0. The molecule has 1 atom stereocenters. The smallest absolute Gasteiger partial charge is 0.212 e. The molecule has 0 aliphatic carbocycles. The third kappa shape index (κ3) is 4.98. The van der Waals surface area contributed by atoms with E-state index in [-0.39, 0.29) is 5.75 Å². The average molecular weight is 356 g/mol. The Morgan fingerprint density at radius 2 is 1.76 bits per heavy atom. The number of aromatic nitrogens is 3. The molecule has 7 heteroatoms. The number of nitrogens with zero attached hydrogens (tertiary/aromatic N) is 3. The van der Waals surface area contributed by atoms with Crippen molar-refractivity contribution in [2.24, 2.45) is 0 Å². The number of rotatable bonds is 7. The maximum atomic E-state index is 12.7. The van der Waals surface area contributed by atoms with E-state index in [0.717, 1.165) is 16.7 Å². The molecule has 0 aliphatic rings. The number of sulfonamides is 1. The summed E-state index contributed by atoms with van der Waals surface area (Å²) in [6.07, 6.45) is 3.15. The van der Waals surface area contributed by atoms with Gasteiger partial charge in [-0.15, -0.1) is 0 Å². The predicted octanol–water partition coefficient (Wildman–Crippen LogP) is 2.45. The van der Waals surface area contributed by atoms with Gasteiger partial charge in [-0.25, -0.2) is 13.1 Å². The van der Waals surface area contributed by atoms with Gasteiger partial charge >= 0.3 is 0 Å². The summed E-state index contributed by atoms with van der Waals surface area (Å²) in [4.78, 5) is 1.48. The molecule has 1 unspecified atom stereocenters. The van der Waals surface area contributed by atoms with Gasteiger partial charge in [-0.3, -0.25) is 0 Å². The van der Waals surface area contributed by atoms with Crippen molar-refractivity contribution in [3.8, 4) is 0 Å². The minimum Gasteiger partial charge on any atom is -0.212 e. The molecule has 3 aromatic rings. The highest BCUT2D eigenvalue weighted by molar-refractivity contribution is 7.88. The molecule has 2 aromatic carbocycles. The van der Waals surface area contributed by atoms with Gasteiger partial charge in [-0.2, -0.15) is 15.0 Å². The van der Waals surface area contributed by atoms with Crippen molar-refractivity contribution in [2.75, 3.05) is 0 Å². The van der Waals surface area contributed by atoms with Crippen LogP contribution in [0.25, 0.3) is 0 Å². The van der Waals surface area contributed by atoms with Crippen LogP contribution in [0.4, 0.5) is 0 Å². The number of aryl methyl sites for hydroxylation is 1. The molecule has 0 radical (unpaired) electrons. The number of nitrogens with one attached hydrogen (secondary N) is 1. The summed E-state index contributed by atoms with van der Waals surface area (Å²) in [5.41, 5.74) is 2.66. The number of benzene rings is 2. The Balaban J connectivity index is 1.81. The number of hydrogen-bond acceptors (Lipinski definition) is 4. The van der Waals surface area contributed by atoms with Crippen LogP contribution in [0.5, 0.6) is 0 Å². The lowest BCUT2D eigenvalue weighted by Crippen LogP contribution is -2.33. The molecule has 0 aliphatic heterocycles. The Bertz CT molecular complexity index is 909. The van der Waals surface area contributed by atoms with E-state index in [9.17, 15) is 8.42 Å². The average Bonchev–Trinajstić information content (AvgIpc) is 3.07. The first-order valence-corrected chi connectivity index (χ1v) is 9.62. The predicted molar refractivity (Wildman–Crippen MR) is 96.1 cm³/mol. The minimum atomic E-state index is -3.52. The van der Waals surface area contributed by atoms with Gasteiger partial charge in [0, 0.05) is 0 Å².